The number of aromatic nitrogens is 3. The van der Waals surface area contributed by atoms with Crippen LogP contribution in [-0.2, 0) is 0 Å². The molecule has 6 heteroatoms. The number of halogens is 1. The highest BCUT2D eigenvalue weighted by molar-refractivity contribution is 6.34. The van der Waals surface area contributed by atoms with Gasteiger partial charge in [0.1, 0.15) is 22.7 Å². The van der Waals surface area contributed by atoms with Crippen molar-refractivity contribution in [3.05, 3.63) is 40.9 Å². The molecule has 1 aromatic heterocycles. The number of benzene rings is 1. The van der Waals surface area contributed by atoms with Crippen LogP contribution in [0.2, 0.25) is 5.02 Å². The summed E-state index contributed by atoms with van der Waals surface area (Å²) >= 11 is 6.22. The Morgan fingerprint density at radius 1 is 1.12 bits per heavy atom. The summed E-state index contributed by atoms with van der Waals surface area (Å²) in [6.45, 7) is 11.9. The number of hydrogen-bond acceptors (Lipinski definition) is 4. The molecular weight excluding hydrogens is 350 g/mol. The van der Waals surface area contributed by atoms with Crippen molar-refractivity contribution in [2.75, 3.05) is 0 Å². The molecule has 5 nitrogen and oxygen atoms in total. The predicted molar refractivity (Wildman–Crippen MR) is 105 cm³/mol. The van der Waals surface area contributed by atoms with E-state index in [1.165, 1.54) is 4.80 Å². The van der Waals surface area contributed by atoms with Crippen LogP contribution in [0.25, 0.3) is 16.7 Å². The topological polar surface area (TPSA) is 71.2 Å². The first kappa shape index (κ1) is 19.1. The second-order valence-corrected chi connectivity index (χ2v) is 9.40. The minimum Gasteiger partial charge on any atom is -0.383 e. The van der Waals surface area contributed by atoms with E-state index in [9.17, 15) is 10.2 Å². The number of aliphatic hydroxyl groups is 2. The van der Waals surface area contributed by atoms with Gasteiger partial charge in [-0.1, -0.05) is 59.2 Å². The third-order valence-electron chi connectivity index (χ3n) is 5.04. The zero-order chi connectivity index (χ0) is 19.5. The maximum Gasteiger partial charge on any atom is 0.132 e. The molecule has 1 heterocycles. The number of nitrogens with zero attached hydrogens (tertiary/aromatic N) is 3. The number of aliphatic hydroxyl groups excluding tert-OH is 1. The Labute approximate surface area is 159 Å². The van der Waals surface area contributed by atoms with Crippen LogP contribution in [0.1, 0.15) is 41.5 Å². The maximum absolute atomic E-state index is 11.4. The Morgan fingerprint density at radius 3 is 2.31 bits per heavy atom. The molecule has 1 aromatic carbocycles. The number of rotatable bonds is 1. The average molecular weight is 376 g/mol. The van der Waals surface area contributed by atoms with Crippen molar-refractivity contribution in [3.8, 4) is 0 Å². The molecule has 0 radical (unpaired) electrons. The van der Waals surface area contributed by atoms with Crippen molar-refractivity contribution in [2.24, 2.45) is 10.8 Å². The molecule has 0 bridgehead atoms. The van der Waals surface area contributed by atoms with Crippen molar-refractivity contribution < 1.29 is 10.2 Å². The lowest BCUT2D eigenvalue weighted by molar-refractivity contribution is -0.0874. The normalized spacial score (nSPS) is 24.6. The highest BCUT2D eigenvalue weighted by Crippen LogP contribution is 2.45. The van der Waals surface area contributed by atoms with Crippen LogP contribution in [-0.4, -0.2) is 36.9 Å². The van der Waals surface area contributed by atoms with Crippen molar-refractivity contribution in [2.45, 2.75) is 53.2 Å². The average Bonchev–Trinajstić information content (AvgIpc) is 2.93. The van der Waals surface area contributed by atoms with Gasteiger partial charge in [-0.2, -0.15) is 4.80 Å². The predicted octanol–water partition coefficient (Wildman–Crippen LogP) is 4.05. The minimum absolute atomic E-state index is 0.213. The van der Waals surface area contributed by atoms with Crippen molar-refractivity contribution in [1.29, 1.82) is 0 Å². The van der Waals surface area contributed by atoms with Crippen molar-refractivity contribution in [1.82, 2.24) is 15.0 Å². The molecule has 3 rings (SSSR count). The van der Waals surface area contributed by atoms with Gasteiger partial charge >= 0.3 is 0 Å². The van der Waals surface area contributed by atoms with E-state index in [1.54, 1.807) is 18.2 Å². The van der Waals surface area contributed by atoms with E-state index in [2.05, 4.69) is 31.0 Å². The summed E-state index contributed by atoms with van der Waals surface area (Å²) < 4.78 is 0. The quantitative estimate of drug-likeness (QED) is 0.788. The largest absolute Gasteiger partial charge is 0.383 e. The lowest BCUT2D eigenvalue weighted by Crippen LogP contribution is -2.54. The Balaban J connectivity index is 2.22. The summed E-state index contributed by atoms with van der Waals surface area (Å²) in [5.41, 5.74) is 0.292. The molecule has 0 spiro atoms. The number of hydrogen-bond donors (Lipinski definition) is 2. The fourth-order valence-electron chi connectivity index (χ4n) is 3.07. The second-order valence-electron chi connectivity index (χ2n) is 8.99. The van der Waals surface area contributed by atoms with Crippen LogP contribution in [0.15, 0.2) is 35.9 Å². The van der Waals surface area contributed by atoms with Gasteiger partial charge in [-0.25, -0.2) is 0 Å². The van der Waals surface area contributed by atoms with Gasteiger partial charge in [-0.05, 0) is 40.7 Å². The van der Waals surface area contributed by atoms with E-state index >= 15 is 0 Å². The smallest absolute Gasteiger partial charge is 0.132 e. The molecule has 2 aromatic rings. The Bertz CT molecular complexity index is 915. The van der Waals surface area contributed by atoms with E-state index in [0.717, 1.165) is 5.57 Å². The van der Waals surface area contributed by atoms with Gasteiger partial charge in [0.15, 0.2) is 0 Å². The van der Waals surface area contributed by atoms with E-state index in [4.69, 9.17) is 11.6 Å². The van der Waals surface area contributed by atoms with Crippen LogP contribution < -0.4 is 0 Å². The Hall–Kier alpha value is -1.69. The summed E-state index contributed by atoms with van der Waals surface area (Å²) in [5.74, 6) is 0. The molecule has 140 valence electrons. The zero-order valence-corrected chi connectivity index (χ0v) is 16.8. The first-order chi connectivity index (χ1) is 11.8. The third kappa shape index (κ3) is 2.98. The molecule has 2 N–H and O–H groups in total. The molecule has 0 amide bonds. The maximum atomic E-state index is 11.4. The summed E-state index contributed by atoms with van der Waals surface area (Å²) in [6.07, 6.45) is 2.46. The highest BCUT2D eigenvalue weighted by atomic mass is 35.5. The first-order valence-electron chi connectivity index (χ1n) is 8.72. The van der Waals surface area contributed by atoms with Gasteiger partial charge in [-0.15, -0.1) is 10.2 Å². The third-order valence-corrected chi connectivity index (χ3v) is 5.34. The lowest BCUT2D eigenvalue weighted by Gasteiger charge is -2.45. The number of allylic oxidation sites excluding steroid dienone is 2. The fourth-order valence-corrected chi connectivity index (χ4v) is 3.27. The summed E-state index contributed by atoms with van der Waals surface area (Å²) in [6, 6.07) is 5.37. The SMILES string of the molecule is CC(C)(C)C1=CC(O)(C(C)(C)C)C(O)C(n2nc3cccc(Cl)c3n2)=C1. The molecule has 0 aliphatic heterocycles. The molecule has 0 fully saturated rings. The summed E-state index contributed by atoms with van der Waals surface area (Å²) in [7, 11) is 0. The first-order valence-corrected chi connectivity index (χ1v) is 9.10. The highest BCUT2D eigenvalue weighted by Gasteiger charge is 2.49. The van der Waals surface area contributed by atoms with E-state index in [-0.39, 0.29) is 5.41 Å². The summed E-state index contributed by atoms with van der Waals surface area (Å²) in [4.78, 5) is 1.39. The molecule has 0 saturated heterocycles. The van der Waals surface area contributed by atoms with Crippen molar-refractivity contribution in [3.63, 3.8) is 0 Å². The van der Waals surface area contributed by atoms with Crippen LogP contribution in [0.4, 0.5) is 0 Å². The zero-order valence-electron chi connectivity index (χ0n) is 16.1. The van der Waals surface area contributed by atoms with Crippen LogP contribution >= 0.6 is 11.6 Å². The van der Waals surface area contributed by atoms with Gasteiger partial charge in [0.05, 0.1) is 10.7 Å². The lowest BCUT2D eigenvalue weighted by atomic mass is 9.67. The molecule has 1 aliphatic carbocycles. The molecule has 0 saturated carbocycles. The molecular formula is C20H26ClN3O2. The monoisotopic (exact) mass is 375 g/mol. The molecule has 2 unspecified atom stereocenters. The fraction of sp³-hybridized carbons (Fsp3) is 0.500. The van der Waals surface area contributed by atoms with Crippen LogP contribution in [0, 0.1) is 10.8 Å². The summed E-state index contributed by atoms with van der Waals surface area (Å²) in [5, 5.41) is 31.9. The minimum atomic E-state index is -1.46. The molecule has 2 atom stereocenters. The van der Waals surface area contributed by atoms with Gasteiger partial charge < -0.3 is 10.2 Å². The van der Waals surface area contributed by atoms with E-state index in [1.807, 2.05) is 32.9 Å². The van der Waals surface area contributed by atoms with Crippen LogP contribution in [0.5, 0.6) is 0 Å². The second kappa shape index (κ2) is 5.91. The molecule has 26 heavy (non-hydrogen) atoms. The molecule has 1 aliphatic rings. The van der Waals surface area contributed by atoms with Crippen molar-refractivity contribution >= 4 is 28.3 Å². The van der Waals surface area contributed by atoms with Crippen LogP contribution in [0.3, 0.4) is 0 Å². The van der Waals surface area contributed by atoms with Gasteiger partial charge in [0, 0.05) is 0 Å². The standard InChI is InChI=1S/C20H26ClN3O2/c1-18(2,3)12-10-15(17(25)20(26,11-12)19(4,5)6)24-22-14-9-7-8-13(21)16(14)23-24/h7-11,17,25-26H,1-6H3. The van der Waals surface area contributed by atoms with Gasteiger partial charge in [-0.3, -0.25) is 0 Å². The number of fused-ring (bicyclic) bond motifs is 1. The Morgan fingerprint density at radius 2 is 1.77 bits per heavy atom. The van der Waals surface area contributed by atoms with E-state index in [0.29, 0.717) is 21.8 Å². The van der Waals surface area contributed by atoms with Gasteiger partial charge in [0.2, 0.25) is 0 Å². The van der Waals surface area contributed by atoms with E-state index < -0.39 is 17.1 Å². The van der Waals surface area contributed by atoms with Gasteiger partial charge in [0.25, 0.3) is 0 Å². The Kier molecular flexibility index (Phi) is 4.34.